The van der Waals surface area contributed by atoms with Gasteiger partial charge in [-0.1, -0.05) is 196 Å². The quantitative estimate of drug-likeness (QED) is 0.165. The summed E-state index contributed by atoms with van der Waals surface area (Å²) in [5, 5.41) is 2.54. The van der Waals surface area contributed by atoms with Crippen LogP contribution in [0.3, 0.4) is 0 Å². The predicted molar refractivity (Wildman–Crippen MR) is 239 cm³/mol. The molecule has 0 fully saturated rings. The fraction of sp³-hybridized carbons (Fsp3) is 0.0714. The molecule has 0 amide bonds. The number of anilines is 3. The highest BCUT2D eigenvalue weighted by molar-refractivity contribution is 6.05. The third-order valence-corrected chi connectivity index (χ3v) is 12.7. The van der Waals surface area contributed by atoms with E-state index in [1.165, 1.54) is 77.5 Å². The SMILES string of the molecule is CC1(C)c2ccccc2-c2ccc(N(c3ccc4c(c3)C(c3ccccc3)(c3ccccc3)c3ccc5ccccc5c3-4)c3ccccc3-c3ccccc3)cc21. The van der Waals surface area contributed by atoms with Crippen molar-refractivity contribution in [1.82, 2.24) is 0 Å². The lowest BCUT2D eigenvalue weighted by atomic mass is 9.67. The van der Waals surface area contributed by atoms with Gasteiger partial charge < -0.3 is 4.90 Å². The van der Waals surface area contributed by atoms with Gasteiger partial charge in [0.25, 0.3) is 0 Å². The smallest absolute Gasteiger partial charge is 0.0714 e. The Hall–Kier alpha value is -6.96. The van der Waals surface area contributed by atoms with Crippen molar-refractivity contribution in [3.8, 4) is 33.4 Å². The minimum absolute atomic E-state index is 0.136. The molecule has 0 radical (unpaired) electrons. The molecule has 11 rings (SSSR count). The van der Waals surface area contributed by atoms with Crippen LogP contribution in [0.2, 0.25) is 0 Å². The summed E-state index contributed by atoms with van der Waals surface area (Å²) in [6.45, 7) is 4.74. The van der Waals surface area contributed by atoms with Crippen molar-refractivity contribution in [1.29, 1.82) is 0 Å². The number of para-hydroxylation sites is 1. The number of rotatable bonds is 6. The van der Waals surface area contributed by atoms with E-state index in [2.05, 4.69) is 231 Å². The van der Waals surface area contributed by atoms with E-state index in [0.717, 1.165) is 17.1 Å². The Labute approximate surface area is 335 Å². The summed E-state index contributed by atoms with van der Waals surface area (Å²) in [6.07, 6.45) is 0. The van der Waals surface area contributed by atoms with Crippen LogP contribution in [0.1, 0.15) is 47.2 Å². The molecule has 270 valence electrons. The van der Waals surface area contributed by atoms with E-state index < -0.39 is 5.41 Å². The van der Waals surface area contributed by atoms with E-state index in [9.17, 15) is 0 Å². The standard InChI is InChI=1S/C56H41N/c1-55(2)49-28-16-14-27-46(49)47-33-31-42(36-51(47)55)57(53-29-17-15-25-44(53)38-18-6-3-7-19-38)43-32-34-48-52(37-43)56(40-21-8-4-9-22-40,41-23-10-5-11-24-41)50-35-30-39-20-12-13-26-45(39)54(48)50/h3-37H,1-2H3. The minimum atomic E-state index is -0.542. The Morgan fingerprint density at radius 3 is 1.63 bits per heavy atom. The van der Waals surface area contributed by atoms with Crippen molar-refractivity contribution in [3.05, 3.63) is 246 Å². The average molecular weight is 728 g/mol. The Kier molecular flexibility index (Phi) is 7.50. The van der Waals surface area contributed by atoms with Crippen LogP contribution in [0.15, 0.2) is 212 Å². The number of hydrogen-bond donors (Lipinski definition) is 0. The maximum Gasteiger partial charge on any atom is 0.0714 e. The Balaban J connectivity index is 1.22. The van der Waals surface area contributed by atoms with Gasteiger partial charge in [-0.15, -0.1) is 0 Å². The van der Waals surface area contributed by atoms with E-state index >= 15 is 0 Å². The summed E-state index contributed by atoms with van der Waals surface area (Å²) < 4.78 is 0. The summed E-state index contributed by atoms with van der Waals surface area (Å²) in [6, 6.07) is 78.8. The molecule has 0 saturated carbocycles. The highest BCUT2D eigenvalue weighted by Crippen LogP contribution is 2.59. The molecule has 9 aromatic carbocycles. The first-order valence-electron chi connectivity index (χ1n) is 20.0. The molecule has 57 heavy (non-hydrogen) atoms. The molecule has 1 nitrogen and oxygen atoms in total. The van der Waals surface area contributed by atoms with Gasteiger partial charge in [-0.25, -0.2) is 0 Å². The van der Waals surface area contributed by atoms with Crippen LogP contribution >= 0.6 is 0 Å². The summed E-state index contributed by atoms with van der Waals surface area (Å²) in [7, 11) is 0. The van der Waals surface area contributed by atoms with Crippen LogP contribution in [0.4, 0.5) is 17.1 Å². The molecule has 0 spiro atoms. The van der Waals surface area contributed by atoms with Crippen LogP contribution in [0.5, 0.6) is 0 Å². The summed E-state index contributed by atoms with van der Waals surface area (Å²) in [4.78, 5) is 2.50. The zero-order valence-electron chi connectivity index (χ0n) is 32.2. The van der Waals surface area contributed by atoms with Crippen molar-refractivity contribution >= 4 is 27.8 Å². The van der Waals surface area contributed by atoms with Crippen LogP contribution in [0.25, 0.3) is 44.2 Å². The lowest BCUT2D eigenvalue weighted by molar-refractivity contribution is 0.660. The van der Waals surface area contributed by atoms with Gasteiger partial charge >= 0.3 is 0 Å². The molecule has 0 heterocycles. The van der Waals surface area contributed by atoms with Gasteiger partial charge in [0.2, 0.25) is 0 Å². The predicted octanol–water partition coefficient (Wildman–Crippen LogP) is 14.6. The highest BCUT2D eigenvalue weighted by Gasteiger charge is 2.47. The molecule has 0 saturated heterocycles. The van der Waals surface area contributed by atoms with Crippen molar-refractivity contribution in [2.45, 2.75) is 24.7 Å². The maximum absolute atomic E-state index is 2.50. The van der Waals surface area contributed by atoms with E-state index in [0.29, 0.717) is 0 Å². The second-order valence-corrected chi connectivity index (χ2v) is 16.0. The van der Waals surface area contributed by atoms with E-state index in [4.69, 9.17) is 0 Å². The van der Waals surface area contributed by atoms with Gasteiger partial charge in [0.15, 0.2) is 0 Å². The molecule has 0 aromatic heterocycles. The molecule has 0 bridgehead atoms. The van der Waals surface area contributed by atoms with E-state index in [1.807, 2.05) is 0 Å². The van der Waals surface area contributed by atoms with Crippen molar-refractivity contribution in [2.75, 3.05) is 4.90 Å². The lowest BCUT2D eigenvalue weighted by Gasteiger charge is -2.35. The molecule has 0 aliphatic heterocycles. The molecule has 1 heteroatoms. The van der Waals surface area contributed by atoms with Crippen LogP contribution in [0, 0.1) is 0 Å². The zero-order valence-corrected chi connectivity index (χ0v) is 32.2. The molecular formula is C56H41N. The zero-order chi connectivity index (χ0) is 38.1. The molecular weight excluding hydrogens is 687 g/mol. The second kappa shape index (κ2) is 12.8. The van der Waals surface area contributed by atoms with Crippen LogP contribution in [-0.4, -0.2) is 0 Å². The second-order valence-electron chi connectivity index (χ2n) is 16.0. The highest BCUT2D eigenvalue weighted by atomic mass is 15.1. The number of benzene rings is 9. The van der Waals surface area contributed by atoms with Crippen molar-refractivity contribution < 1.29 is 0 Å². The minimum Gasteiger partial charge on any atom is -0.310 e. The normalized spacial score (nSPS) is 14.1. The number of fused-ring (bicyclic) bond motifs is 8. The summed E-state index contributed by atoms with van der Waals surface area (Å²) in [5.41, 5.74) is 18.2. The first-order chi connectivity index (χ1) is 28.0. The molecule has 0 unspecified atom stereocenters. The Morgan fingerprint density at radius 1 is 0.368 bits per heavy atom. The number of hydrogen-bond acceptors (Lipinski definition) is 1. The molecule has 0 N–H and O–H groups in total. The summed E-state index contributed by atoms with van der Waals surface area (Å²) in [5.74, 6) is 0. The van der Waals surface area contributed by atoms with Crippen molar-refractivity contribution in [3.63, 3.8) is 0 Å². The van der Waals surface area contributed by atoms with Gasteiger partial charge in [-0.2, -0.15) is 0 Å². The third kappa shape index (κ3) is 4.89. The van der Waals surface area contributed by atoms with Gasteiger partial charge in [-0.05, 0) is 102 Å². The molecule has 0 atom stereocenters. The van der Waals surface area contributed by atoms with E-state index in [1.54, 1.807) is 0 Å². The number of nitrogens with zero attached hydrogens (tertiary/aromatic N) is 1. The fourth-order valence-corrected chi connectivity index (χ4v) is 10.2. The average Bonchev–Trinajstić information content (AvgIpc) is 3.70. The Morgan fingerprint density at radius 2 is 0.912 bits per heavy atom. The Bertz CT molecular complexity index is 2940. The largest absolute Gasteiger partial charge is 0.310 e. The molecule has 9 aromatic rings. The lowest BCUT2D eigenvalue weighted by Crippen LogP contribution is -2.28. The van der Waals surface area contributed by atoms with Crippen LogP contribution < -0.4 is 4.90 Å². The monoisotopic (exact) mass is 727 g/mol. The van der Waals surface area contributed by atoms with Crippen molar-refractivity contribution in [2.24, 2.45) is 0 Å². The van der Waals surface area contributed by atoms with Gasteiger partial charge in [0, 0.05) is 22.4 Å². The first-order valence-corrected chi connectivity index (χ1v) is 20.0. The molecule has 2 aliphatic rings. The maximum atomic E-state index is 2.50. The topological polar surface area (TPSA) is 3.24 Å². The van der Waals surface area contributed by atoms with Gasteiger partial charge in [0.05, 0.1) is 11.1 Å². The molecule has 2 aliphatic carbocycles. The van der Waals surface area contributed by atoms with Gasteiger partial charge in [-0.3, -0.25) is 0 Å². The first kappa shape index (κ1) is 33.4. The van der Waals surface area contributed by atoms with E-state index in [-0.39, 0.29) is 5.41 Å². The fourth-order valence-electron chi connectivity index (χ4n) is 10.2. The summed E-state index contributed by atoms with van der Waals surface area (Å²) >= 11 is 0. The van der Waals surface area contributed by atoms with Crippen LogP contribution in [-0.2, 0) is 10.8 Å². The third-order valence-electron chi connectivity index (χ3n) is 12.7. The van der Waals surface area contributed by atoms with Gasteiger partial charge in [0.1, 0.15) is 0 Å².